The maximum atomic E-state index is 15.3. The Morgan fingerprint density at radius 2 is 1.65 bits per heavy atom. The highest BCUT2D eigenvalue weighted by Crippen LogP contribution is 2.48. The van der Waals surface area contributed by atoms with E-state index in [4.69, 9.17) is 34.8 Å². The van der Waals surface area contributed by atoms with Crippen molar-refractivity contribution in [2.24, 2.45) is 0 Å². The third-order valence-corrected chi connectivity index (χ3v) is 14.8. The average molecular weight is 937 g/mol. The minimum Gasteiger partial charge on any atom is -0.448 e. The molecule has 19 nitrogen and oxygen atoms in total. The lowest BCUT2D eigenvalue weighted by Crippen LogP contribution is -2.53. The number of carbonyl (C=O) groups excluding carboxylic acids is 2. The Balaban J connectivity index is 0.632. The SMILES string of the molecule is CC1(n2nc(-c3noc(C4CC4)c3-c3ncc(C4CCN(C(=O)OCCN5CCC(N6CCN(c7c(F)cc(NC8CCC(=O)NC8)cc7F)CC6)CC5)CC4)cn3)c3c(N)ncnc32)COC1. The number of hydrogen-bond donors (Lipinski definition) is 3. The molecule has 0 radical (unpaired) electrons. The minimum atomic E-state index is -0.577. The lowest BCUT2D eigenvalue weighted by Gasteiger charge is -2.43. The molecule has 1 aliphatic carbocycles. The third kappa shape index (κ3) is 8.79. The molecule has 68 heavy (non-hydrogen) atoms. The maximum absolute atomic E-state index is 15.3. The monoisotopic (exact) mass is 936 g/mol. The first-order chi connectivity index (χ1) is 33.1. The number of anilines is 3. The van der Waals surface area contributed by atoms with Crippen molar-refractivity contribution in [2.45, 2.75) is 87.7 Å². The van der Waals surface area contributed by atoms with Gasteiger partial charge in [0.1, 0.15) is 41.4 Å². The quantitative estimate of drug-likeness (QED) is 0.155. The van der Waals surface area contributed by atoms with Crippen LogP contribution in [0, 0.1) is 11.6 Å². The predicted octanol–water partition coefficient (Wildman–Crippen LogP) is 4.71. The zero-order valence-electron chi connectivity index (χ0n) is 38.3. The molecule has 6 aliphatic rings. The number of rotatable bonds is 12. The fourth-order valence-electron chi connectivity index (χ4n) is 10.6. The molecular weight excluding hydrogens is 879 g/mol. The normalized spacial score (nSPS) is 22.0. The first-order valence-corrected chi connectivity index (χ1v) is 24.1. The molecule has 9 heterocycles. The van der Waals surface area contributed by atoms with Gasteiger partial charge < -0.3 is 40.2 Å². The van der Waals surface area contributed by atoms with Crippen LogP contribution in [0.5, 0.6) is 0 Å². The van der Waals surface area contributed by atoms with Crippen LogP contribution in [0.25, 0.3) is 33.8 Å². The van der Waals surface area contributed by atoms with Crippen molar-refractivity contribution in [3.05, 3.63) is 53.8 Å². The zero-order valence-corrected chi connectivity index (χ0v) is 38.3. The van der Waals surface area contributed by atoms with Crippen LogP contribution in [0.3, 0.4) is 0 Å². The molecule has 2 amide bonds. The molecular formula is C47H58F2N14O5. The van der Waals surface area contributed by atoms with Crippen LogP contribution >= 0.6 is 0 Å². The Hall–Kier alpha value is -6.06. The number of piperidine rings is 3. The lowest BCUT2D eigenvalue weighted by molar-refractivity contribution is -0.122. The number of halogens is 2. The summed E-state index contributed by atoms with van der Waals surface area (Å²) in [4.78, 5) is 51.6. The topological polar surface area (TPSA) is 211 Å². The smallest absolute Gasteiger partial charge is 0.409 e. The number of ether oxygens (including phenoxy) is 2. The van der Waals surface area contributed by atoms with E-state index in [0.717, 1.165) is 76.0 Å². The number of aromatic nitrogens is 7. The summed E-state index contributed by atoms with van der Waals surface area (Å²) in [6.45, 7) is 10.0. The van der Waals surface area contributed by atoms with Crippen molar-refractivity contribution in [1.29, 1.82) is 0 Å². The molecule has 1 atom stereocenters. The van der Waals surface area contributed by atoms with Gasteiger partial charge in [-0.2, -0.15) is 5.10 Å². The first kappa shape index (κ1) is 44.4. The summed E-state index contributed by atoms with van der Waals surface area (Å²) < 4.78 is 49.7. The lowest BCUT2D eigenvalue weighted by atomic mass is 9.91. The van der Waals surface area contributed by atoms with E-state index in [1.54, 1.807) is 4.90 Å². The van der Waals surface area contributed by atoms with Gasteiger partial charge in [0.05, 0.1) is 24.2 Å². The van der Waals surface area contributed by atoms with Gasteiger partial charge in [-0.3, -0.25) is 14.6 Å². The van der Waals surface area contributed by atoms with E-state index >= 15 is 8.78 Å². The largest absolute Gasteiger partial charge is 0.448 e. The van der Waals surface area contributed by atoms with Crippen LogP contribution in [0.4, 0.5) is 30.8 Å². The van der Waals surface area contributed by atoms with Gasteiger partial charge in [-0.05, 0) is 88.6 Å². The third-order valence-electron chi connectivity index (χ3n) is 14.8. The second-order valence-corrected chi connectivity index (χ2v) is 19.5. The number of fused-ring (bicyclic) bond motifs is 1. The average Bonchev–Trinajstić information content (AvgIpc) is 3.97. The maximum Gasteiger partial charge on any atom is 0.409 e. The van der Waals surface area contributed by atoms with Crippen LogP contribution in [0.1, 0.15) is 81.4 Å². The number of benzene rings is 1. The zero-order chi connectivity index (χ0) is 46.5. The van der Waals surface area contributed by atoms with E-state index in [9.17, 15) is 9.59 Å². The molecule has 0 spiro atoms. The molecule has 5 aromatic rings. The molecule has 5 saturated heterocycles. The van der Waals surface area contributed by atoms with Gasteiger partial charge >= 0.3 is 6.09 Å². The van der Waals surface area contributed by atoms with Crippen LogP contribution in [0.15, 0.2) is 35.4 Å². The molecule has 0 bridgehead atoms. The van der Waals surface area contributed by atoms with E-state index in [-0.39, 0.29) is 41.1 Å². The Labute approximate surface area is 392 Å². The van der Waals surface area contributed by atoms with Crippen LogP contribution in [-0.4, -0.2) is 159 Å². The summed E-state index contributed by atoms with van der Waals surface area (Å²) in [5, 5.41) is 16.1. The Kier molecular flexibility index (Phi) is 12.1. The second-order valence-electron chi connectivity index (χ2n) is 19.5. The first-order valence-electron chi connectivity index (χ1n) is 24.1. The number of carbonyl (C=O) groups is 2. The standard InChI is InChI=1S/C47H58F2N14O5/c1-47(25-66-26-47)63-45-38(43(50)54-27-55-45)39(57-63)40-37(42(68-58-40)29-2-3-29)44-52-22-30(23-53-44)28-6-12-62(13-7-28)46(65)67-19-18-59-10-8-33(9-11-59)60-14-16-61(17-15-60)41-34(48)20-32(21-35(41)49)56-31-4-5-36(64)51-24-31/h20-23,27-29,31,33,56H,2-19,24-26H2,1H3,(H,51,64)(H2,50,54,55). The Morgan fingerprint density at radius 1 is 0.912 bits per heavy atom. The fourth-order valence-corrected chi connectivity index (χ4v) is 10.6. The van der Waals surface area contributed by atoms with Gasteiger partial charge in [0, 0.05) is 94.9 Å². The van der Waals surface area contributed by atoms with Crippen molar-refractivity contribution in [2.75, 3.05) is 101 Å². The number of piperazine rings is 1. The molecule has 21 heteroatoms. The van der Waals surface area contributed by atoms with E-state index < -0.39 is 11.6 Å². The number of likely N-dealkylation sites (tertiary alicyclic amines) is 2. The summed E-state index contributed by atoms with van der Waals surface area (Å²) in [6, 6.07) is 3.06. The fraction of sp³-hybridized carbons (Fsp3) is 0.574. The molecule has 360 valence electrons. The van der Waals surface area contributed by atoms with Crippen LogP contribution in [-0.2, 0) is 19.8 Å². The van der Waals surface area contributed by atoms with Crippen LogP contribution in [0.2, 0.25) is 0 Å². The van der Waals surface area contributed by atoms with Crippen molar-refractivity contribution in [3.63, 3.8) is 0 Å². The highest BCUT2D eigenvalue weighted by molar-refractivity contribution is 6.00. The number of nitrogens with two attached hydrogens (primary N) is 1. The van der Waals surface area contributed by atoms with Gasteiger partial charge in [-0.15, -0.1) is 0 Å². The summed E-state index contributed by atoms with van der Waals surface area (Å²) in [7, 11) is 0. The molecule has 11 rings (SSSR count). The van der Waals surface area contributed by atoms with E-state index in [1.165, 1.54) is 18.5 Å². The van der Waals surface area contributed by atoms with Gasteiger partial charge in [0.2, 0.25) is 5.91 Å². The number of nitrogens with one attached hydrogen (secondary N) is 2. The van der Waals surface area contributed by atoms with Crippen molar-refractivity contribution in [3.8, 4) is 22.8 Å². The Morgan fingerprint density at radius 3 is 2.31 bits per heavy atom. The molecule has 1 saturated carbocycles. The van der Waals surface area contributed by atoms with Gasteiger partial charge in [0.15, 0.2) is 28.9 Å². The molecule has 1 aromatic carbocycles. The van der Waals surface area contributed by atoms with Gasteiger partial charge in [0.25, 0.3) is 0 Å². The highest BCUT2D eigenvalue weighted by atomic mass is 19.1. The number of nitrogens with zero attached hydrogens (tertiary/aromatic N) is 11. The summed E-state index contributed by atoms with van der Waals surface area (Å²) in [5.41, 5.74) is 9.84. The summed E-state index contributed by atoms with van der Waals surface area (Å²) in [5.74, 6) is 0.816. The number of amides is 2. The molecule has 4 aromatic heterocycles. The molecule has 1 unspecified atom stereocenters. The number of hydrogen-bond acceptors (Lipinski definition) is 16. The van der Waals surface area contributed by atoms with Gasteiger partial charge in [-0.1, -0.05) is 5.16 Å². The molecule has 4 N–H and O–H groups in total. The van der Waals surface area contributed by atoms with Crippen molar-refractivity contribution in [1.82, 2.24) is 54.9 Å². The van der Waals surface area contributed by atoms with E-state index in [1.807, 2.05) is 22.0 Å². The molecule has 5 aliphatic heterocycles. The van der Waals surface area contributed by atoms with E-state index in [2.05, 4.69) is 42.5 Å². The van der Waals surface area contributed by atoms with Crippen molar-refractivity contribution >= 4 is 40.2 Å². The predicted molar refractivity (Wildman–Crippen MR) is 247 cm³/mol. The summed E-state index contributed by atoms with van der Waals surface area (Å²) in [6.07, 6.45) is 11.4. The van der Waals surface area contributed by atoms with E-state index in [0.29, 0.717) is 123 Å². The number of nitrogen functional groups attached to an aromatic ring is 1. The van der Waals surface area contributed by atoms with Gasteiger partial charge in [-0.25, -0.2) is 38.2 Å². The van der Waals surface area contributed by atoms with Crippen molar-refractivity contribution < 1.29 is 32.4 Å². The Bertz CT molecular complexity index is 2620. The molecule has 6 fully saturated rings. The second kappa shape index (κ2) is 18.4. The highest BCUT2D eigenvalue weighted by Gasteiger charge is 2.41. The summed E-state index contributed by atoms with van der Waals surface area (Å²) >= 11 is 0. The minimum absolute atomic E-state index is 0.00289. The van der Waals surface area contributed by atoms with Crippen LogP contribution < -0.4 is 21.3 Å².